The van der Waals surface area contributed by atoms with Crippen LogP contribution in [0, 0.1) is 0 Å². The number of nitrogens with zero attached hydrogens (tertiary/aromatic N) is 2. The Bertz CT molecular complexity index is 3970. The van der Waals surface area contributed by atoms with Crippen LogP contribution < -0.4 is 19.3 Å². The van der Waals surface area contributed by atoms with Crippen molar-refractivity contribution in [2.45, 2.75) is 66.2 Å². The Morgan fingerprint density at radius 3 is 0.923 bits per heavy atom. The van der Waals surface area contributed by atoms with Gasteiger partial charge in [0.15, 0.2) is 0 Å². The number of fused-ring (bicyclic) bond motifs is 6. The van der Waals surface area contributed by atoms with Crippen LogP contribution in [-0.4, -0.2) is 13.2 Å². The van der Waals surface area contributed by atoms with E-state index in [9.17, 15) is 0 Å². The summed E-state index contributed by atoms with van der Waals surface area (Å²) in [4.78, 5) is 4.85. The highest BCUT2D eigenvalue weighted by Gasteiger charge is 2.30. The van der Waals surface area contributed by atoms with Crippen LogP contribution in [0.4, 0.5) is 34.1 Å². The molecule has 0 aliphatic rings. The lowest BCUT2D eigenvalue weighted by molar-refractivity contribution is 0.340. The van der Waals surface area contributed by atoms with Gasteiger partial charge in [-0.3, -0.25) is 0 Å². The summed E-state index contributed by atoms with van der Waals surface area (Å²) < 4.78 is 11.9. The lowest BCUT2D eigenvalue weighted by atomic mass is 9.87. The van der Waals surface area contributed by atoms with Crippen molar-refractivity contribution in [3.63, 3.8) is 0 Å². The number of benzene rings is 11. The van der Waals surface area contributed by atoms with E-state index in [2.05, 4.69) is 270 Å². The number of ether oxygens (including phenoxy) is 2. The molecule has 78 heavy (non-hydrogen) atoms. The van der Waals surface area contributed by atoms with E-state index in [-0.39, 0.29) is 10.8 Å². The number of anilines is 6. The fourth-order valence-electron chi connectivity index (χ4n) is 12.4. The summed E-state index contributed by atoms with van der Waals surface area (Å²) >= 11 is 0. The van der Waals surface area contributed by atoms with Crippen molar-refractivity contribution < 1.29 is 9.47 Å². The fourth-order valence-corrected chi connectivity index (χ4v) is 12.4. The monoisotopic (exact) mass is 1010 g/mol. The van der Waals surface area contributed by atoms with Crippen molar-refractivity contribution in [2.24, 2.45) is 0 Å². The topological polar surface area (TPSA) is 24.9 Å². The van der Waals surface area contributed by atoms with E-state index in [0.717, 1.165) is 45.6 Å². The van der Waals surface area contributed by atoms with Gasteiger partial charge in [0.05, 0.1) is 24.6 Å². The Labute approximate surface area is 458 Å². The summed E-state index contributed by atoms with van der Waals surface area (Å²) in [6.07, 6.45) is 0. The van der Waals surface area contributed by atoms with E-state index in [1.807, 2.05) is 13.8 Å². The quantitative estimate of drug-likeness (QED) is 0.122. The zero-order valence-corrected chi connectivity index (χ0v) is 45.9. The molecule has 0 unspecified atom stereocenters. The molecular weight excluding hydrogens is 949 g/mol. The van der Waals surface area contributed by atoms with Crippen molar-refractivity contribution in [2.75, 3.05) is 23.0 Å². The predicted octanol–water partition coefficient (Wildman–Crippen LogP) is 21.1. The second-order valence-corrected chi connectivity index (χ2v) is 22.8. The van der Waals surface area contributed by atoms with Crippen LogP contribution in [0.1, 0.15) is 66.5 Å². The largest absolute Gasteiger partial charge is 0.494 e. The minimum Gasteiger partial charge on any atom is -0.494 e. The molecule has 0 saturated heterocycles. The Morgan fingerprint density at radius 1 is 0.295 bits per heavy atom. The highest BCUT2D eigenvalue weighted by Crippen LogP contribution is 2.58. The van der Waals surface area contributed by atoms with Crippen LogP contribution in [0.2, 0.25) is 0 Å². The van der Waals surface area contributed by atoms with Gasteiger partial charge < -0.3 is 19.3 Å². The number of hydrogen-bond acceptors (Lipinski definition) is 4. The van der Waals surface area contributed by atoms with Gasteiger partial charge in [-0.15, -0.1) is 0 Å². The summed E-state index contributed by atoms with van der Waals surface area (Å²) in [7, 11) is 0. The third-order valence-electron chi connectivity index (χ3n) is 16.0. The molecule has 0 aliphatic heterocycles. The molecule has 0 heterocycles. The van der Waals surface area contributed by atoms with Crippen LogP contribution >= 0.6 is 0 Å². The smallest absolute Gasteiger partial charge is 0.119 e. The highest BCUT2D eigenvalue weighted by atomic mass is 16.5. The van der Waals surface area contributed by atoms with Crippen LogP contribution in [0.3, 0.4) is 0 Å². The Kier molecular flexibility index (Phi) is 11.9. The van der Waals surface area contributed by atoms with Crippen molar-refractivity contribution in [1.29, 1.82) is 0 Å². The van der Waals surface area contributed by atoms with Gasteiger partial charge in [-0.25, -0.2) is 0 Å². The maximum atomic E-state index is 5.97. The summed E-state index contributed by atoms with van der Waals surface area (Å²) in [5, 5.41) is 15.0. The first-order valence-electron chi connectivity index (χ1n) is 27.7. The first-order chi connectivity index (χ1) is 37.9. The molecular formula is C74H64N2O2. The normalized spacial score (nSPS) is 12.2. The molecule has 0 radical (unpaired) electrons. The lowest BCUT2D eigenvalue weighted by Gasteiger charge is -2.28. The average molecular weight is 1010 g/mol. The highest BCUT2D eigenvalue weighted by molar-refractivity contribution is 6.47. The summed E-state index contributed by atoms with van der Waals surface area (Å²) in [5.41, 5.74) is 14.2. The Morgan fingerprint density at radius 2 is 0.603 bits per heavy atom. The van der Waals surface area contributed by atoms with Gasteiger partial charge in [0, 0.05) is 33.5 Å². The van der Waals surface area contributed by atoms with Crippen LogP contribution in [0.25, 0.3) is 86.9 Å². The molecule has 13 aromatic rings. The molecule has 0 N–H and O–H groups in total. The summed E-state index contributed by atoms with van der Waals surface area (Å²) in [6, 6.07) is 81.2. The minimum absolute atomic E-state index is 0.0218. The van der Waals surface area contributed by atoms with Crippen LogP contribution in [0.15, 0.2) is 218 Å². The van der Waals surface area contributed by atoms with Crippen molar-refractivity contribution in [3.8, 4) is 33.8 Å². The van der Waals surface area contributed by atoms with Gasteiger partial charge in [-0.05, 0) is 197 Å². The molecule has 0 saturated carbocycles. The maximum absolute atomic E-state index is 5.97. The van der Waals surface area contributed by atoms with Gasteiger partial charge in [-0.2, -0.15) is 0 Å². The first kappa shape index (κ1) is 48.8. The minimum atomic E-state index is 0.0218. The molecule has 4 nitrogen and oxygen atoms in total. The van der Waals surface area contributed by atoms with E-state index < -0.39 is 0 Å². The predicted molar refractivity (Wildman–Crippen MR) is 334 cm³/mol. The zero-order valence-electron chi connectivity index (χ0n) is 45.9. The fraction of sp³-hybridized carbons (Fsp3) is 0.162. The van der Waals surface area contributed by atoms with Crippen molar-refractivity contribution in [3.05, 3.63) is 230 Å². The van der Waals surface area contributed by atoms with Crippen LogP contribution in [-0.2, 0) is 10.8 Å². The van der Waals surface area contributed by atoms with Crippen molar-refractivity contribution in [1.82, 2.24) is 0 Å². The molecule has 0 bridgehead atoms. The summed E-state index contributed by atoms with van der Waals surface area (Å²) in [6.45, 7) is 19.0. The van der Waals surface area contributed by atoms with Gasteiger partial charge in [0.2, 0.25) is 0 Å². The maximum Gasteiger partial charge on any atom is 0.119 e. The van der Waals surface area contributed by atoms with E-state index in [1.165, 1.54) is 98.0 Å². The summed E-state index contributed by atoms with van der Waals surface area (Å²) in [5.74, 6) is 1.72. The van der Waals surface area contributed by atoms with E-state index in [0.29, 0.717) is 13.2 Å². The molecule has 0 atom stereocenters. The molecule has 0 fully saturated rings. The molecule has 4 heteroatoms. The van der Waals surface area contributed by atoms with E-state index in [1.54, 1.807) is 0 Å². The average Bonchev–Trinajstić information content (AvgIpc) is 4.18. The van der Waals surface area contributed by atoms with Gasteiger partial charge >= 0.3 is 0 Å². The van der Waals surface area contributed by atoms with E-state index in [4.69, 9.17) is 9.47 Å². The second kappa shape index (κ2) is 19.0. The SMILES string of the molecule is CCOc1ccc(N(c2ccc(C(C)(C)C)cc2)c2ccc3c4c(-c5ccccc5)c5c6ccc(N(c7ccc(OCC)cc7)c7ccc(C(C)(C)C)cc7)c7cccc(c5c(-c5ccccc5)c4c4cccc2c43)c76)cc1. The van der Waals surface area contributed by atoms with Gasteiger partial charge in [0.25, 0.3) is 0 Å². The standard InChI is InChI=1S/C74H64N2O2/c1-9-77-55-39-35-53(36-40-55)75(51-31-27-49(28-32-51)73(3,4)5)63-45-43-61-67-57(63)23-17-25-59(67)69-65(47-19-13-11-14-20-47)70-60-26-18-24-58-64(46-44-62(68(58)60)72(70)66(71(61)69)48-21-15-12-16-22-48)76(54-37-41-56(42-38-54)78-10-2)52-33-29-50(30-34-52)74(6,7)8/h11-46H,9-10H2,1-8H3. The molecule has 0 spiro atoms. The van der Waals surface area contributed by atoms with Crippen LogP contribution in [0.5, 0.6) is 11.5 Å². The molecule has 0 amide bonds. The van der Waals surface area contributed by atoms with Gasteiger partial charge in [0.1, 0.15) is 11.5 Å². The molecule has 382 valence electrons. The van der Waals surface area contributed by atoms with Crippen molar-refractivity contribution >= 4 is 98.8 Å². The molecule has 13 aromatic carbocycles. The first-order valence-corrected chi connectivity index (χ1v) is 27.7. The van der Waals surface area contributed by atoms with Gasteiger partial charge in [-0.1, -0.05) is 175 Å². The zero-order chi connectivity index (χ0) is 53.5. The molecule has 0 aliphatic carbocycles. The lowest BCUT2D eigenvalue weighted by Crippen LogP contribution is -2.13. The third-order valence-corrected chi connectivity index (χ3v) is 16.0. The molecule has 0 aromatic heterocycles. The molecule has 13 rings (SSSR count). The Balaban J connectivity index is 1.13. The second-order valence-electron chi connectivity index (χ2n) is 22.8. The Hall–Kier alpha value is -8.86. The third kappa shape index (κ3) is 8.04. The number of rotatable bonds is 12. The van der Waals surface area contributed by atoms with E-state index >= 15 is 0 Å². The number of hydrogen-bond donors (Lipinski definition) is 0.